The summed E-state index contributed by atoms with van der Waals surface area (Å²) in [4.78, 5) is 0. The van der Waals surface area contributed by atoms with E-state index in [4.69, 9.17) is 9.31 Å². The average molecular weight is 398 g/mol. The first-order chi connectivity index (χ1) is 15.3. The third-order valence-corrected chi connectivity index (χ3v) is 5.84. The molecule has 0 saturated heterocycles. The molecule has 0 aliphatic rings. The Bertz CT molecular complexity index is 1450. The van der Waals surface area contributed by atoms with Crippen LogP contribution < -0.4 is 9.31 Å². The largest absolute Gasteiger partial charge is 0.576 e. The van der Waals surface area contributed by atoms with Crippen molar-refractivity contribution in [2.45, 2.75) is 0 Å². The molecule has 0 saturated carbocycles. The summed E-state index contributed by atoms with van der Waals surface area (Å²) in [5, 5.41) is 9.36. The van der Waals surface area contributed by atoms with Gasteiger partial charge in [-0.2, -0.15) is 0 Å². The smallest absolute Gasteiger partial charge is 0.528 e. The van der Waals surface area contributed by atoms with Gasteiger partial charge in [-0.05, 0) is 68.7 Å². The van der Waals surface area contributed by atoms with Crippen molar-refractivity contribution in [3.05, 3.63) is 109 Å². The SMILES string of the molecule is B(Oc1cccc2cc3ccccc3cc12)Oc1cccc2cc3ccccc3cc12. The lowest BCUT2D eigenvalue weighted by Gasteiger charge is -2.13. The predicted molar refractivity (Wildman–Crippen MR) is 131 cm³/mol. The molecular weight excluding hydrogens is 379 g/mol. The highest BCUT2D eigenvalue weighted by Gasteiger charge is 2.08. The fraction of sp³-hybridized carbons (Fsp3) is 0. The lowest BCUT2D eigenvalue weighted by atomic mass is 10.0. The zero-order valence-corrected chi connectivity index (χ0v) is 16.9. The molecule has 0 N–H and O–H groups in total. The molecule has 0 heterocycles. The zero-order valence-electron chi connectivity index (χ0n) is 16.9. The van der Waals surface area contributed by atoms with Crippen LogP contribution in [0.1, 0.15) is 0 Å². The minimum atomic E-state index is 0.151. The number of rotatable bonds is 4. The Labute approximate surface area is 180 Å². The summed E-state index contributed by atoms with van der Waals surface area (Å²) in [5.74, 6) is 1.66. The standard InChI is InChI=1S/C28H19BO2/c1-3-9-21-17-25-23(15-19(21)7-1)11-5-13-27(25)30-29-31-28-14-6-12-24-16-20-8-2-4-10-22(20)18-26(24)28/h1-18,29H. The van der Waals surface area contributed by atoms with Gasteiger partial charge in [0, 0.05) is 10.8 Å². The maximum absolute atomic E-state index is 6.09. The Balaban J connectivity index is 1.31. The highest BCUT2D eigenvalue weighted by Crippen LogP contribution is 2.32. The fourth-order valence-electron chi connectivity index (χ4n) is 4.28. The molecule has 0 aromatic heterocycles. The molecule has 6 rings (SSSR count). The van der Waals surface area contributed by atoms with E-state index in [1.807, 2.05) is 24.3 Å². The van der Waals surface area contributed by atoms with E-state index in [0.717, 1.165) is 33.0 Å². The molecule has 0 aliphatic heterocycles. The Hall–Kier alpha value is -3.98. The molecule has 6 aromatic rings. The molecule has 0 spiro atoms. The molecule has 0 fully saturated rings. The van der Waals surface area contributed by atoms with E-state index in [0.29, 0.717) is 0 Å². The van der Waals surface area contributed by atoms with Crippen molar-refractivity contribution in [2.75, 3.05) is 0 Å². The topological polar surface area (TPSA) is 18.5 Å². The summed E-state index contributed by atoms with van der Waals surface area (Å²) in [6.07, 6.45) is 0. The molecule has 6 aromatic carbocycles. The normalized spacial score (nSPS) is 11.2. The maximum Gasteiger partial charge on any atom is 0.576 e. The van der Waals surface area contributed by atoms with Crippen molar-refractivity contribution in [3.8, 4) is 11.5 Å². The third kappa shape index (κ3) is 3.25. The van der Waals surface area contributed by atoms with Gasteiger partial charge in [-0.3, -0.25) is 0 Å². The second kappa shape index (κ2) is 7.37. The van der Waals surface area contributed by atoms with Gasteiger partial charge in [0.2, 0.25) is 0 Å². The molecular formula is C28H19BO2. The van der Waals surface area contributed by atoms with Crippen molar-refractivity contribution in [2.24, 2.45) is 0 Å². The number of hydrogen-bond donors (Lipinski definition) is 0. The molecule has 0 atom stereocenters. The second-order valence-corrected chi connectivity index (χ2v) is 7.76. The van der Waals surface area contributed by atoms with Gasteiger partial charge in [0.05, 0.1) is 0 Å². The van der Waals surface area contributed by atoms with Gasteiger partial charge in [0.1, 0.15) is 11.5 Å². The zero-order chi connectivity index (χ0) is 20.6. The quantitative estimate of drug-likeness (QED) is 0.235. The van der Waals surface area contributed by atoms with Crippen LogP contribution >= 0.6 is 0 Å². The van der Waals surface area contributed by atoms with E-state index in [-0.39, 0.29) is 7.69 Å². The molecule has 31 heavy (non-hydrogen) atoms. The molecule has 0 amide bonds. The van der Waals surface area contributed by atoms with Crippen LogP contribution in [0.25, 0.3) is 43.1 Å². The van der Waals surface area contributed by atoms with Crippen LogP contribution in [0.5, 0.6) is 11.5 Å². The van der Waals surface area contributed by atoms with Crippen LogP contribution in [-0.4, -0.2) is 7.69 Å². The van der Waals surface area contributed by atoms with Gasteiger partial charge in [-0.15, -0.1) is 0 Å². The van der Waals surface area contributed by atoms with Crippen molar-refractivity contribution in [1.29, 1.82) is 0 Å². The van der Waals surface area contributed by atoms with E-state index in [2.05, 4.69) is 84.9 Å². The molecule has 146 valence electrons. The minimum Gasteiger partial charge on any atom is -0.528 e. The summed E-state index contributed by atoms with van der Waals surface area (Å²) >= 11 is 0. The monoisotopic (exact) mass is 398 g/mol. The van der Waals surface area contributed by atoms with Crippen molar-refractivity contribution in [3.63, 3.8) is 0 Å². The highest BCUT2D eigenvalue weighted by molar-refractivity contribution is 6.22. The molecule has 0 unspecified atom stereocenters. The van der Waals surface area contributed by atoms with Gasteiger partial charge in [0.15, 0.2) is 0 Å². The summed E-state index contributed by atoms with van der Waals surface area (Å²) in [6.45, 7) is 0. The van der Waals surface area contributed by atoms with Crippen molar-refractivity contribution < 1.29 is 9.31 Å². The Morgan fingerprint density at radius 3 is 1.23 bits per heavy atom. The van der Waals surface area contributed by atoms with E-state index >= 15 is 0 Å². The third-order valence-electron chi connectivity index (χ3n) is 5.84. The molecule has 2 nitrogen and oxygen atoms in total. The molecule has 0 bridgehead atoms. The van der Waals surface area contributed by atoms with E-state index in [1.54, 1.807) is 0 Å². The predicted octanol–water partition coefficient (Wildman–Crippen LogP) is 7.02. The Kier molecular flexibility index (Phi) is 4.24. The molecule has 0 aliphatic carbocycles. The molecule has 0 radical (unpaired) electrons. The van der Waals surface area contributed by atoms with Crippen LogP contribution in [0.2, 0.25) is 0 Å². The Morgan fingerprint density at radius 2 is 0.774 bits per heavy atom. The van der Waals surface area contributed by atoms with Crippen LogP contribution in [0.4, 0.5) is 0 Å². The van der Waals surface area contributed by atoms with E-state index < -0.39 is 0 Å². The summed E-state index contributed by atoms with van der Waals surface area (Å²) in [7, 11) is 0.151. The number of hydrogen-bond acceptors (Lipinski definition) is 2. The van der Waals surface area contributed by atoms with Gasteiger partial charge in [-0.1, -0.05) is 72.8 Å². The first kappa shape index (κ1) is 17.8. The van der Waals surface area contributed by atoms with Gasteiger partial charge < -0.3 is 9.31 Å². The average Bonchev–Trinajstić information content (AvgIpc) is 2.82. The first-order valence-corrected chi connectivity index (χ1v) is 10.4. The van der Waals surface area contributed by atoms with E-state index in [9.17, 15) is 0 Å². The van der Waals surface area contributed by atoms with Gasteiger partial charge in [0.25, 0.3) is 0 Å². The molecule has 3 heteroatoms. The first-order valence-electron chi connectivity index (χ1n) is 10.4. The van der Waals surface area contributed by atoms with Crippen LogP contribution in [0.15, 0.2) is 109 Å². The lowest BCUT2D eigenvalue weighted by Crippen LogP contribution is -2.11. The van der Waals surface area contributed by atoms with Crippen molar-refractivity contribution >= 4 is 50.8 Å². The summed E-state index contributed by atoms with van der Waals surface area (Å²) < 4.78 is 12.2. The van der Waals surface area contributed by atoms with E-state index in [1.165, 1.54) is 21.5 Å². The lowest BCUT2D eigenvalue weighted by molar-refractivity contribution is 0.465. The van der Waals surface area contributed by atoms with Crippen LogP contribution in [-0.2, 0) is 0 Å². The number of benzene rings is 6. The Morgan fingerprint density at radius 1 is 0.387 bits per heavy atom. The van der Waals surface area contributed by atoms with Gasteiger partial charge in [-0.25, -0.2) is 0 Å². The van der Waals surface area contributed by atoms with Crippen molar-refractivity contribution in [1.82, 2.24) is 0 Å². The van der Waals surface area contributed by atoms with Crippen LogP contribution in [0, 0.1) is 0 Å². The minimum absolute atomic E-state index is 0.151. The maximum atomic E-state index is 6.09. The highest BCUT2D eigenvalue weighted by atomic mass is 16.6. The summed E-state index contributed by atoms with van der Waals surface area (Å²) in [5.41, 5.74) is 0. The fourth-order valence-corrected chi connectivity index (χ4v) is 4.28. The van der Waals surface area contributed by atoms with Crippen LogP contribution in [0.3, 0.4) is 0 Å². The number of fused-ring (bicyclic) bond motifs is 4. The summed E-state index contributed by atoms with van der Waals surface area (Å²) in [6, 6.07) is 37.8. The van der Waals surface area contributed by atoms with Gasteiger partial charge >= 0.3 is 7.69 Å². The second-order valence-electron chi connectivity index (χ2n) is 7.76.